The smallest absolute Gasteiger partial charge is 0.252 e. The van der Waals surface area contributed by atoms with Gasteiger partial charge in [0.15, 0.2) is 5.78 Å². The Hall–Kier alpha value is -0.770. The van der Waals surface area contributed by atoms with Crippen LogP contribution in [0.25, 0.3) is 0 Å². The molecular formula is C14H16Cl3NO2. The number of hydrogen-bond donors (Lipinski definition) is 1. The first-order valence-electron chi connectivity index (χ1n) is 6.12. The first kappa shape index (κ1) is 17.3. The van der Waals surface area contributed by atoms with Crippen LogP contribution in [0.5, 0.6) is 0 Å². The average Bonchev–Trinajstić information content (AvgIpc) is 2.41. The number of rotatable bonds is 5. The molecule has 0 bridgehead atoms. The molecule has 1 rings (SSSR count). The Balaban J connectivity index is 3.11. The van der Waals surface area contributed by atoms with Crippen molar-refractivity contribution in [1.82, 2.24) is 5.32 Å². The first-order chi connectivity index (χ1) is 9.25. The molecule has 0 aliphatic heterocycles. The predicted octanol–water partition coefficient (Wildman–Crippen LogP) is 4.01. The van der Waals surface area contributed by atoms with Gasteiger partial charge < -0.3 is 5.32 Å². The number of ketones is 1. The molecule has 0 aliphatic carbocycles. The molecule has 0 saturated carbocycles. The maximum Gasteiger partial charge on any atom is 0.252 e. The molecule has 0 spiro atoms. The summed E-state index contributed by atoms with van der Waals surface area (Å²) in [5, 5.41) is 3.49. The summed E-state index contributed by atoms with van der Waals surface area (Å²) in [6.45, 7) is 5.18. The van der Waals surface area contributed by atoms with Crippen LogP contribution in [0.15, 0.2) is 12.1 Å². The molecule has 1 amide bonds. The van der Waals surface area contributed by atoms with Crippen LogP contribution in [0.2, 0.25) is 10.0 Å². The third-order valence-corrected chi connectivity index (χ3v) is 4.24. The summed E-state index contributed by atoms with van der Waals surface area (Å²) in [5.74, 6) is -0.782. The van der Waals surface area contributed by atoms with E-state index in [1.807, 2.05) is 6.92 Å². The molecule has 1 atom stereocenters. The van der Waals surface area contributed by atoms with Gasteiger partial charge in [-0.3, -0.25) is 9.59 Å². The lowest BCUT2D eigenvalue weighted by Crippen LogP contribution is -2.52. The molecule has 0 heterocycles. The first-order valence-corrected chi connectivity index (χ1v) is 7.41. The van der Waals surface area contributed by atoms with Crippen molar-refractivity contribution in [2.45, 2.75) is 32.7 Å². The zero-order valence-corrected chi connectivity index (χ0v) is 13.8. The molecule has 0 radical (unpaired) electrons. The second kappa shape index (κ2) is 6.79. The van der Waals surface area contributed by atoms with Crippen LogP contribution < -0.4 is 5.32 Å². The minimum Gasteiger partial charge on any atom is -0.340 e. The number of amides is 1. The number of benzene rings is 1. The fourth-order valence-electron chi connectivity index (χ4n) is 1.70. The van der Waals surface area contributed by atoms with Gasteiger partial charge in [-0.25, -0.2) is 0 Å². The quantitative estimate of drug-likeness (QED) is 0.826. The van der Waals surface area contributed by atoms with E-state index in [0.29, 0.717) is 27.6 Å². The second-order valence-corrected chi connectivity index (χ2v) is 5.87. The van der Waals surface area contributed by atoms with Gasteiger partial charge in [-0.2, -0.15) is 0 Å². The number of hydrogen-bond acceptors (Lipinski definition) is 2. The van der Waals surface area contributed by atoms with Gasteiger partial charge in [0.05, 0.1) is 11.4 Å². The van der Waals surface area contributed by atoms with E-state index < -0.39 is 11.4 Å². The summed E-state index contributed by atoms with van der Waals surface area (Å²) in [6.07, 6.45) is 0.442. The summed E-state index contributed by atoms with van der Waals surface area (Å²) in [7, 11) is 0. The second-order valence-electron chi connectivity index (χ2n) is 4.76. The Morgan fingerprint density at radius 1 is 1.30 bits per heavy atom. The topological polar surface area (TPSA) is 46.2 Å². The third-order valence-electron chi connectivity index (χ3n) is 3.39. The van der Waals surface area contributed by atoms with Gasteiger partial charge in [0.25, 0.3) is 5.91 Å². The number of nitrogens with one attached hydrogen (secondary N) is 1. The van der Waals surface area contributed by atoms with Crippen LogP contribution in [-0.4, -0.2) is 23.1 Å². The summed E-state index contributed by atoms with van der Waals surface area (Å²) >= 11 is 17.5. The Morgan fingerprint density at radius 2 is 1.90 bits per heavy atom. The number of carbonyl (C=O) groups excluding carboxylic acids is 2. The highest BCUT2D eigenvalue weighted by molar-refractivity contribution is 6.35. The molecule has 0 aliphatic rings. The summed E-state index contributed by atoms with van der Waals surface area (Å²) in [6, 6.07) is 3.09. The van der Waals surface area contributed by atoms with E-state index in [1.165, 1.54) is 6.07 Å². The van der Waals surface area contributed by atoms with Crippen LogP contribution in [0, 0.1) is 6.92 Å². The Bertz CT molecular complexity index is 545. The zero-order valence-electron chi connectivity index (χ0n) is 11.5. The van der Waals surface area contributed by atoms with Gasteiger partial charge in [-0.15, -0.1) is 11.6 Å². The largest absolute Gasteiger partial charge is 0.340 e. The zero-order chi connectivity index (χ0) is 15.5. The Morgan fingerprint density at radius 3 is 2.40 bits per heavy atom. The van der Waals surface area contributed by atoms with E-state index in [1.54, 1.807) is 19.9 Å². The minimum absolute atomic E-state index is 0.153. The van der Waals surface area contributed by atoms with E-state index in [2.05, 4.69) is 5.32 Å². The Labute approximate surface area is 133 Å². The van der Waals surface area contributed by atoms with Crippen molar-refractivity contribution in [2.75, 3.05) is 5.88 Å². The highest BCUT2D eigenvalue weighted by atomic mass is 35.5. The van der Waals surface area contributed by atoms with Crippen molar-refractivity contribution in [3.05, 3.63) is 33.3 Å². The van der Waals surface area contributed by atoms with E-state index in [0.717, 1.165) is 0 Å². The van der Waals surface area contributed by atoms with Crippen molar-refractivity contribution in [1.29, 1.82) is 0 Å². The van der Waals surface area contributed by atoms with Crippen LogP contribution >= 0.6 is 34.8 Å². The van der Waals surface area contributed by atoms with Crippen LogP contribution in [-0.2, 0) is 4.79 Å². The molecule has 20 heavy (non-hydrogen) atoms. The maximum atomic E-state index is 12.3. The number of alkyl halides is 1. The lowest BCUT2D eigenvalue weighted by atomic mass is 9.93. The van der Waals surface area contributed by atoms with Crippen molar-refractivity contribution in [2.24, 2.45) is 0 Å². The van der Waals surface area contributed by atoms with Gasteiger partial charge in [0.2, 0.25) is 0 Å². The normalized spacial score (nSPS) is 13.7. The standard InChI is InChI=1S/C14H16Cl3NO2/c1-4-14(3,12(19)7-15)18-13(20)10-5-9(16)6-11(17)8(10)2/h5-6H,4,7H2,1-3H3,(H,18,20). The summed E-state index contributed by atoms with van der Waals surface area (Å²) in [5.41, 5.74) is -0.0324. The number of halogens is 3. The SMILES string of the molecule is CCC(C)(NC(=O)c1cc(Cl)cc(Cl)c1C)C(=O)CCl. The molecule has 0 fully saturated rings. The van der Waals surface area contributed by atoms with Gasteiger partial charge in [-0.05, 0) is 38.0 Å². The van der Waals surface area contributed by atoms with Crippen molar-refractivity contribution < 1.29 is 9.59 Å². The van der Waals surface area contributed by atoms with E-state index >= 15 is 0 Å². The monoisotopic (exact) mass is 335 g/mol. The minimum atomic E-state index is -1.000. The lowest BCUT2D eigenvalue weighted by molar-refractivity contribution is -0.122. The predicted molar refractivity (Wildman–Crippen MR) is 83.1 cm³/mol. The fourth-order valence-corrected chi connectivity index (χ4v) is 2.49. The Kier molecular flexibility index (Phi) is 5.87. The lowest BCUT2D eigenvalue weighted by Gasteiger charge is -2.27. The van der Waals surface area contributed by atoms with Gasteiger partial charge in [0.1, 0.15) is 0 Å². The van der Waals surface area contributed by atoms with Crippen LogP contribution in [0.3, 0.4) is 0 Å². The molecule has 0 saturated heterocycles. The highest BCUT2D eigenvalue weighted by Crippen LogP contribution is 2.25. The molecule has 1 N–H and O–H groups in total. The van der Waals surface area contributed by atoms with E-state index in [-0.39, 0.29) is 11.7 Å². The molecular weight excluding hydrogens is 321 g/mol. The van der Waals surface area contributed by atoms with Gasteiger partial charge in [0, 0.05) is 15.6 Å². The molecule has 0 aromatic heterocycles. The van der Waals surface area contributed by atoms with Crippen LogP contribution in [0.4, 0.5) is 0 Å². The van der Waals surface area contributed by atoms with Gasteiger partial charge >= 0.3 is 0 Å². The molecule has 110 valence electrons. The van der Waals surface area contributed by atoms with Crippen molar-refractivity contribution in [3.8, 4) is 0 Å². The summed E-state index contributed by atoms with van der Waals surface area (Å²) in [4.78, 5) is 24.2. The molecule has 1 aromatic carbocycles. The molecule has 3 nitrogen and oxygen atoms in total. The van der Waals surface area contributed by atoms with Gasteiger partial charge in [-0.1, -0.05) is 30.1 Å². The summed E-state index contributed by atoms with van der Waals surface area (Å²) < 4.78 is 0. The molecule has 1 unspecified atom stereocenters. The fraction of sp³-hybridized carbons (Fsp3) is 0.429. The van der Waals surface area contributed by atoms with E-state index in [4.69, 9.17) is 34.8 Å². The molecule has 1 aromatic rings. The van der Waals surface area contributed by atoms with Crippen LogP contribution in [0.1, 0.15) is 36.2 Å². The van der Waals surface area contributed by atoms with Crippen molar-refractivity contribution >= 4 is 46.5 Å². The highest BCUT2D eigenvalue weighted by Gasteiger charge is 2.32. The van der Waals surface area contributed by atoms with E-state index in [9.17, 15) is 9.59 Å². The number of carbonyl (C=O) groups is 2. The average molecular weight is 337 g/mol. The molecule has 6 heteroatoms. The maximum absolute atomic E-state index is 12.3. The number of Topliss-reactive ketones (excluding diaryl/α,β-unsaturated/α-hetero) is 1. The third kappa shape index (κ3) is 3.66. The van der Waals surface area contributed by atoms with Crippen molar-refractivity contribution in [3.63, 3.8) is 0 Å².